The van der Waals surface area contributed by atoms with E-state index in [9.17, 15) is 10.1 Å². The van der Waals surface area contributed by atoms with Gasteiger partial charge in [-0.15, -0.1) is 0 Å². The Bertz CT molecular complexity index is 1040. The van der Waals surface area contributed by atoms with Crippen LogP contribution in [0.25, 0.3) is 28.0 Å². The van der Waals surface area contributed by atoms with Crippen molar-refractivity contribution in [3.8, 4) is 22.4 Å². The number of benzene rings is 1. The van der Waals surface area contributed by atoms with E-state index in [-0.39, 0.29) is 5.69 Å². The Morgan fingerprint density at radius 3 is 2.58 bits per heavy atom. The zero-order valence-corrected chi connectivity index (χ0v) is 12.5. The maximum Gasteiger partial charge on any atom is 0.270 e. The normalized spacial score (nSPS) is 10.8. The standard InChI is InChI=1S/C18H12N4O2/c23-22(24)16-3-1-2-15(10-16)17-12-20-18-11-14(6-9-21(17)18)13-4-7-19-8-5-13/h1-12H. The van der Waals surface area contributed by atoms with Crippen LogP contribution < -0.4 is 0 Å². The molecule has 0 fully saturated rings. The summed E-state index contributed by atoms with van der Waals surface area (Å²) in [6.45, 7) is 0. The van der Waals surface area contributed by atoms with Gasteiger partial charge in [0.2, 0.25) is 0 Å². The number of pyridine rings is 2. The molecule has 0 saturated carbocycles. The molecule has 0 aliphatic rings. The molecule has 0 bridgehead atoms. The highest BCUT2D eigenvalue weighted by molar-refractivity contribution is 5.71. The first-order valence-electron chi connectivity index (χ1n) is 7.35. The van der Waals surface area contributed by atoms with Crippen molar-refractivity contribution in [2.24, 2.45) is 0 Å². The fourth-order valence-corrected chi connectivity index (χ4v) is 2.70. The first-order valence-corrected chi connectivity index (χ1v) is 7.35. The van der Waals surface area contributed by atoms with E-state index < -0.39 is 4.92 Å². The van der Waals surface area contributed by atoms with E-state index in [0.29, 0.717) is 0 Å². The summed E-state index contributed by atoms with van der Waals surface area (Å²) in [5.74, 6) is 0. The Hall–Kier alpha value is -3.54. The molecule has 116 valence electrons. The molecule has 3 heterocycles. The zero-order valence-electron chi connectivity index (χ0n) is 12.5. The summed E-state index contributed by atoms with van der Waals surface area (Å²) in [6.07, 6.45) is 7.15. The zero-order chi connectivity index (χ0) is 16.5. The van der Waals surface area contributed by atoms with Gasteiger partial charge in [-0.25, -0.2) is 4.98 Å². The molecule has 0 amide bonds. The van der Waals surface area contributed by atoms with Gasteiger partial charge >= 0.3 is 0 Å². The Labute approximate surface area is 137 Å². The van der Waals surface area contributed by atoms with Crippen LogP contribution in [0, 0.1) is 10.1 Å². The molecular formula is C18H12N4O2. The van der Waals surface area contributed by atoms with Crippen molar-refractivity contribution in [1.82, 2.24) is 14.4 Å². The fraction of sp³-hybridized carbons (Fsp3) is 0. The lowest BCUT2D eigenvalue weighted by Gasteiger charge is -2.05. The van der Waals surface area contributed by atoms with E-state index in [0.717, 1.165) is 28.0 Å². The van der Waals surface area contributed by atoms with Crippen LogP contribution >= 0.6 is 0 Å². The molecule has 1 aromatic carbocycles. The SMILES string of the molecule is O=[N+]([O-])c1cccc(-c2cnc3cc(-c4ccncc4)ccn23)c1. The molecule has 0 unspecified atom stereocenters. The third kappa shape index (κ3) is 2.40. The molecule has 6 heteroatoms. The van der Waals surface area contributed by atoms with Crippen LogP contribution in [0.2, 0.25) is 0 Å². The maximum atomic E-state index is 11.0. The average Bonchev–Trinajstić information content (AvgIpc) is 3.05. The largest absolute Gasteiger partial charge is 0.300 e. The molecule has 4 rings (SSSR count). The number of nitrogens with zero attached hydrogens (tertiary/aromatic N) is 4. The number of non-ortho nitro benzene ring substituents is 1. The van der Waals surface area contributed by atoms with Gasteiger partial charge in [0.1, 0.15) is 5.65 Å². The molecule has 0 aliphatic heterocycles. The third-order valence-electron chi connectivity index (χ3n) is 3.88. The van der Waals surface area contributed by atoms with E-state index in [1.807, 2.05) is 40.9 Å². The number of rotatable bonds is 3. The van der Waals surface area contributed by atoms with E-state index in [1.54, 1.807) is 30.7 Å². The van der Waals surface area contributed by atoms with Gasteiger partial charge in [0.05, 0.1) is 16.8 Å². The van der Waals surface area contributed by atoms with Crippen LogP contribution in [0.15, 0.2) is 73.3 Å². The van der Waals surface area contributed by atoms with Crippen molar-refractivity contribution in [1.29, 1.82) is 0 Å². The van der Waals surface area contributed by atoms with Gasteiger partial charge in [0.25, 0.3) is 5.69 Å². The summed E-state index contributed by atoms with van der Waals surface area (Å²) in [7, 11) is 0. The van der Waals surface area contributed by atoms with Crippen LogP contribution in [0.1, 0.15) is 0 Å². The Morgan fingerprint density at radius 1 is 0.958 bits per heavy atom. The topological polar surface area (TPSA) is 73.3 Å². The number of hydrogen-bond acceptors (Lipinski definition) is 4. The predicted octanol–water partition coefficient (Wildman–Crippen LogP) is 3.97. The molecule has 6 nitrogen and oxygen atoms in total. The van der Waals surface area contributed by atoms with Gasteiger partial charge in [-0.1, -0.05) is 12.1 Å². The molecular weight excluding hydrogens is 304 g/mol. The van der Waals surface area contributed by atoms with Crippen LogP contribution in [0.5, 0.6) is 0 Å². The highest BCUT2D eigenvalue weighted by Gasteiger charge is 2.11. The van der Waals surface area contributed by atoms with Crippen molar-refractivity contribution >= 4 is 11.3 Å². The minimum absolute atomic E-state index is 0.0656. The summed E-state index contributed by atoms with van der Waals surface area (Å²) in [4.78, 5) is 19.0. The summed E-state index contributed by atoms with van der Waals surface area (Å²) in [5, 5.41) is 11.0. The number of hydrogen-bond donors (Lipinski definition) is 0. The van der Waals surface area contributed by atoms with Crippen molar-refractivity contribution in [2.45, 2.75) is 0 Å². The second-order valence-corrected chi connectivity index (χ2v) is 5.33. The lowest BCUT2D eigenvalue weighted by atomic mass is 10.1. The van der Waals surface area contributed by atoms with E-state index >= 15 is 0 Å². The van der Waals surface area contributed by atoms with Gasteiger partial charge in [-0.3, -0.25) is 19.5 Å². The third-order valence-corrected chi connectivity index (χ3v) is 3.88. The number of fused-ring (bicyclic) bond motifs is 1. The summed E-state index contributed by atoms with van der Waals surface area (Å²) < 4.78 is 1.92. The first-order chi connectivity index (χ1) is 11.7. The average molecular weight is 316 g/mol. The van der Waals surface area contributed by atoms with E-state index in [2.05, 4.69) is 9.97 Å². The quantitative estimate of drug-likeness (QED) is 0.423. The second kappa shape index (κ2) is 5.58. The predicted molar refractivity (Wildman–Crippen MR) is 90.5 cm³/mol. The minimum Gasteiger partial charge on any atom is -0.300 e. The molecule has 0 atom stereocenters. The van der Waals surface area contributed by atoms with Crippen molar-refractivity contribution in [3.63, 3.8) is 0 Å². The summed E-state index contributed by atoms with van der Waals surface area (Å²) in [5.41, 5.74) is 4.53. The number of nitro groups is 1. The Kier molecular flexibility index (Phi) is 3.28. The molecule has 0 radical (unpaired) electrons. The first kappa shape index (κ1) is 14.1. The monoisotopic (exact) mass is 316 g/mol. The summed E-state index contributed by atoms with van der Waals surface area (Å²) >= 11 is 0. The minimum atomic E-state index is -0.395. The Morgan fingerprint density at radius 2 is 1.79 bits per heavy atom. The van der Waals surface area contributed by atoms with Crippen LogP contribution in [0.3, 0.4) is 0 Å². The molecule has 24 heavy (non-hydrogen) atoms. The number of nitro benzene ring substituents is 1. The van der Waals surface area contributed by atoms with Crippen LogP contribution in [0.4, 0.5) is 5.69 Å². The Balaban J connectivity index is 1.81. The molecule has 0 aliphatic carbocycles. The van der Waals surface area contributed by atoms with E-state index in [4.69, 9.17) is 0 Å². The van der Waals surface area contributed by atoms with E-state index in [1.165, 1.54) is 6.07 Å². The summed E-state index contributed by atoms with van der Waals surface area (Å²) in [6, 6.07) is 14.4. The van der Waals surface area contributed by atoms with Gasteiger partial charge in [-0.2, -0.15) is 0 Å². The fourth-order valence-electron chi connectivity index (χ4n) is 2.70. The molecule has 3 aromatic heterocycles. The maximum absolute atomic E-state index is 11.0. The van der Waals surface area contributed by atoms with Crippen LogP contribution in [-0.2, 0) is 0 Å². The van der Waals surface area contributed by atoms with Gasteiger partial charge in [0, 0.05) is 36.3 Å². The molecule has 0 saturated heterocycles. The molecule has 0 N–H and O–H groups in total. The lowest BCUT2D eigenvalue weighted by Crippen LogP contribution is -1.91. The van der Waals surface area contributed by atoms with Crippen molar-refractivity contribution < 1.29 is 4.92 Å². The van der Waals surface area contributed by atoms with Crippen molar-refractivity contribution in [3.05, 3.63) is 83.4 Å². The van der Waals surface area contributed by atoms with Crippen LogP contribution in [-0.4, -0.2) is 19.3 Å². The second-order valence-electron chi connectivity index (χ2n) is 5.33. The molecule has 0 spiro atoms. The van der Waals surface area contributed by atoms with Gasteiger partial charge in [-0.05, 0) is 35.4 Å². The number of imidazole rings is 1. The van der Waals surface area contributed by atoms with Crippen molar-refractivity contribution in [2.75, 3.05) is 0 Å². The highest BCUT2D eigenvalue weighted by Crippen LogP contribution is 2.27. The lowest BCUT2D eigenvalue weighted by molar-refractivity contribution is -0.384. The van der Waals surface area contributed by atoms with Gasteiger partial charge in [0.15, 0.2) is 0 Å². The molecule has 4 aromatic rings. The highest BCUT2D eigenvalue weighted by atomic mass is 16.6. The van der Waals surface area contributed by atoms with Gasteiger partial charge < -0.3 is 0 Å². The number of aromatic nitrogens is 3. The smallest absolute Gasteiger partial charge is 0.270 e.